The first-order valence-electron chi connectivity index (χ1n) is 7.27. The maximum absolute atomic E-state index is 12.3. The average molecular weight is 346 g/mol. The van der Waals surface area contributed by atoms with Gasteiger partial charge in [-0.25, -0.2) is 13.2 Å². The van der Waals surface area contributed by atoms with Gasteiger partial charge in [0.15, 0.2) is 0 Å². The minimum Gasteiger partial charge on any atom is -0.445 e. The fourth-order valence-electron chi connectivity index (χ4n) is 2.96. The first-order valence-corrected chi connectivity index (χ1v) is 9.75. The van der Waals surface area contributed by atoms with E-state index in [-0.39, 0.29) is 12.4 Å². The number of carbonyl (C=O) groups excluding carboxylic acids is 1. The quantitative estimate of drug-likeness (QED) is 0.769. The number of nitrogens with zero attached hydrogens (tertiary/aromatic N) is 1. The summed E-state index contributed by atoms with van der Waals surface area (Å²) in [6.07, 6.45) is 1.42. The topological polar surface area (TPSA) is 63.7 Å². The van der Waals surface area contributed by atoms with Crippen molar-refractivity contribution < 1.29 is 17.9 Å². The smallest absolute Gasteiger partial charge is 0.410 e. The molecule has 1 fully saturated rings. The van der Waals surface area contributed by atoms with Crippen molar-refractivity contribution in [2.24, 2.45) is 0 Å². The van der Waals surface area contributed by atoms with Crippen LogP contribution in [0.1, 0.15) is 31.7 Å². The Morgan fingerprint density at radius 2 is 2.05 bits per heavy atom. The van der Waals surface area contributed by atoms with Gasteiger partial charge < -0.3 is 9.64 Å². The molecule has 1 aliphatic heterocycles. The van der Waals surface area contributed by atoms with Gasteiger partial charge in [0.05, 0.1) is 11.3 Å². The lowest BCUT2D eigenvalue weighted by molar-refractivity contribution is 0.0699. The molecule has 1 aromatic rings. The van der Waals surface area contributed by atoms with E-state index in [2.05, 4.69) is 0 Å². The van der Waals surface area contributed by atoms with E-state index >= 15 is 0 Å². The van der Waals surface area contributed by atoms with Gasteiger partial charge in [-0.2, -0.15) is 0 Å². The van der Waals surface area contributed by atoms with Gasteiger partial charge in [-0.1, -0.05) is 37.3 Å². The van der Waals surface area contributed by atoms with Crippen LogP contribution in [-0.4, -0.2) is 37.2 Å². The molecule has 0 N–H and O–H groups in total. The molecular formula is C15H20ClNO4S. The Balaban J connectivity index is 2.07. The molecule has 0 saturated carbocycles. The van der Waals surface area contributed by atoms with Crippen LogP contribution in [0.4, 0.5) is 4.79 Å². The van der Waals surface area contributed by atoms with E-state index in [1.54, 1.807) is 0 Å². The largest absolute Gasteiger partial charge is 0.445 e. The zero-order valence-corrected chi connectivity index (χ0v) is 14.1. The lowest BCUT2D eigenvalue weighted by atomic mass is 9.96. The van der Waals surface area contributed by atoms with Crippen LogP contribution in [0.25, 0.3) is 0 Å². The summed E-state index contributed by atoms with van der Waals surface area (Å²) in [7, 11) is 1.73. The number of likely N-dealkylation sites (tertiary alicyclic amines) is 1. The van der Waals surface area contributed by atoms with Gasteiger partial charge in [-0.05, 0) is 24.8 Å². The number of rotatable bonds is 5. The number of benzene rings is 1. The summed E-state index contributed by atoms with van der Waals surface area (Å²) in [4.78, 5) is 13.9. The Labute approximate surface area is 135 Å². The number of hydrogen-bond donors (Lipinski definition) is 0. The van der Waals surface area contributed by atoms with Crippen molar-refractivity contribution in [1.29, 1.82) is 0 Å². The molecule has 1 atom stereocenters. The summed E-state index contributed by atoms with van der Waals surface area (Å²) in [6.45, 7) is 2.53. The molecule has 22 heavy (non-hydrogen) atoms. The van der Waals surface area contributed by atoms with Crippen molar-refractivity contribution in [3.63, 3.8) is 0 Å². The molecule has 0 spiro atoms. The Kier molecular flexibility index (Phi) is 5.34. The molecule has 5 nitrogen and oxygen atoms in total. The number of hydrogen-bond acceptors (Lipinski definition) is 4. The second-order valence-electron chi connectivity index (χ2n) is 5.56. The van der Waals surface area contributed by atoms with E-state index in [1.165, 1.54) is 4.90 Å². The molecule has 1 unspecified atom stereocenters. The summed E-state index contributed by atoms with van der Waals surface area (Å²) in [5, 5.41) is 0. The highest BCUT2D eigenvalue weighted by molar-refractivity contribution is 8.13. The average Bonchev–Trinajstić information content (AvgIpc) is 2.88. The maximum atomic E-state index is 12.3. The zero-order valence-electron chi connectivity index (χ0n) is 12.5. The van der Waals surface area contributed by atoms with Crippen molar-refractivity contribution >= 4 is 25.8 Å². The van der Waals surface area contributed by atoms with Crippen molar-refractivity contribution in [2.45, 2.75) is 38.3 Å². The van der Waals surface area contributed by atoms with E-state index in [1.807, 2.05) is 37.3 Å². The molecule has 2 rings (SSSR count). The second-order valence-corrected chi connectivity index (χ2v) is 8.33. The number of carbonyl (C=O) groups is 1. The van der Waals surface area contributed by atoms with Crippen LogP contribution >= 0.6 is 10.7 Å². The summed E-state index contributed by atoms with van der Waals surface area (Å²) in [6, 6.07) is 9.37. The molecular weight excluding hydrogens is 326 g/mol. The van der Waals surface area contributed by atoms with Crippen LogP contribution < -0.4 is 0 Å². The Bertz CT molecular complexity index is 620. The number of amides is 1. The molecule has 122 valence electrons. The van der Waals surface area contributed by atoms with Crippen LogP contribution in [0.15, 0.2) is 30.3 Å². The first kappa shape index (κ1) is 17.1. The van der Waals surface area contributed by atoms with E-state index < -0.39 is 20.7 Å². The van der Waals surface area contributed by atoms with E-state index in [9.17, 15) is 13.2 Å². The SMILES string of the molecule is CCC1(CS(=O)(=O)Cl)CCCN1C(=O)OCc1ccccc1. The van der Waals surface area contributed by atoms with Crippen LogP contribution in [0.3, 0.4) is 0 Å². The van der Waals surface area contributed by atoms with E-state index in [0.717, 1.165) is 12.0 Å². The summed E-state index contributed by atoms with van der Waals surface area (Å²) in [5.74, 6) is -0.238. The van der Waals surface area contributed by atoms with Crippen LogP contribution in [0, 0.1) is 0 Å². The molecule has 1 aliphatic rings. The molecule has 0 bridgehead atoms. The van der Waals surface area contributed by atoms with E-state index in [4.69, 9.17) is 15.4 Å². The molecule has 1 aromatic carbocycles. The Morgan fingerprint density at radius 1 is 1.36 bits per heavy atom. The van der Waals surface area contributed by atoms with Gasteiger partial charge in [0, 0.05) is 17.2 Å². The monoisotopic (exact) mass is 345 g/mol. The third-order valence-electron chi connectivity index (χ3n) is 4.12. The molecule has 0 aliphatic carbocycles. The van der Waals surface area contributed by atoms with E-state index in [0.29, 0.717) is 19.4 Å². The Morgan fingerprint density at radius 3 is 2.64 bits per heavy atom. The summed E-state index contributed by atoms with van der Waals surface area (Å²) < 4.78 is 28.3. The maximum Gasteiger partial charge on any atom is 0.410 e. The summed E-state index contributed by atoms with van der Waals surface area (Å²) in [5.41, 5.74) is 0.135. The predicted octanol–water partition coefficient (Wildman–Crippen LogP) is 3.14. The molecule has 0 aromatic heterocycles. The lowest BCUT2D eigenvalue weighted by Crippen LogP contribution is -2.51. The van der Waals surface area contributed by atoms with Gasteiger partial charge in [0.1, 0.15) is 6.61 Å². The lowest BCUT2D eigenvalue weighted by Gasteiger charge is -2.36. The highest BCUT2D eigenvalue weighted by Gasteiger charge is 2.45. The van der Waals surface area contributed by atoms with Crippen molar-refractivity contribution in [3.8, 4) is 0 Å². The molecule has 1 heterocycles. The van der Waals surface area contributed by atoms with Crippen LogP contribution in [0.5, 0.6) is 0 Å². The number of ether oxygens (including phenoxy) is 1. The minimum absolute atomic E-state index is 0.170. The molecule has 1 amide bonds. The standard InChI is InChI=1S/C15H20ClNO4S/c1-2-15(12-22(16,19)20)9-6-10-17(15)14(18)21-11-13-7-4-3-5-8-13/h3-5,7-8H,2,6,9-12H2,1H3. The molecule has 0 radical (unpaired) electrons. The second kappa shape index (κ2) is 6.87. The van der Waals surface area contributed by atoms with Crippen LogP contribution in [-0.2, 0) is 20.4 Å². The third kappa shape index (κ3) is 4.14. The van der Waals surface area contributed by atoms with Crippen LogP contribution in [0.2, 0.25) is 0 Å². The van der Waals surface area contributed by atoms with Crippen molar-refractivity contribution in [3.05, 3.63) is 35.9 Å². The van der Waals surface area contributed by atoms with Crippen molar-refractivity contribution in [1.82, 2.24) is 4.90 Å². The third-order valence-corrected chi connectivity index (χ3v) is 5.33. The van der Waals surface area contributed by atoms with Gasteiger partial charge in [0.25, 0.3) is 0 Å². The number of halogens is 1. The fraction of sp³-hybridized carbons (Fsp3) is 0.533. The Hall–Kier alpha value is -1.27. The van der Waals surface area contributed by atoms with Gasteiger partial charge >= 0.3 is 6.09 Å². The first-order chi connectivity index (χ1) is 10.4. The normalized spacial score (nSPS) is 21.8. The summed E-state index contributed by atoms with van der Waals surface area (Å²) >= 11 is 0. The fourth-order valence-corrected chi connectivity index (χ4v) is 4.72. The van der Waals surface area contributed by atoms with Gasteiger partial charge in [-0.3, -0.25) is 0 Å². The molecule has 7 heteroatoms. The van der Waals surface area contributed by atoms with Gasteiger partial charge in [0.2, 0.25) is 9.05 Å². The minimum atomic E-state index is -3.69. The zero-order chi connectivity index (χ0) is 16.2. The highest BCUT2D eigenvalue weighted by Crippen LogP contribution is 2.35. The highest BCUT2D eigenvalue weighted by atomic mass is 35.7. The van der Waals surface area contributed by atoms with Crippen molar-refractivity contribution in [2.75, 3.05) is 12.3 Å². The molecule has 1 saturated heterocycles. The van der Waals surface area contributed by atoms with Gasteiger partial charge in [-0.15, -0.1) is 0 Å². The predicted molar refractivity (Wildman–Crippen MR) is 85.2 cm³/mol.